The number of carbonyl (C=O) groups is 1. The van der Waals surface area contributed by atoms with Gasteiger partial charge in [0.1, 0.15) is 0 Å². The number of hydrogen-bond donors (Lipinski definition) is 1. The third-order valence-electron chi connectivity index (χ3n) is 3.65. The number of fused-ring (bicyclic) bond motifs is 1. The van der Waals surface area contributed by atoms with E-state index in [4.69, 9.17) is 4.42 Å². The maximum atomic E-state index is 12.3. The van der Waals surface area contributed by atoms with Crippen molar-refractivity contribution in [2.24, 2.45) is 0 Å². The molecular formula is C15H15NO4S. The number of aldehydes is 1. The van der Waals surface area contributed by atoms with E-state index >= 15 is 0 Å². The zero-order valence-corrected chi connectivity index (χ0v) is 12.1. The van der Waals surface area contributed by atoms with Crippen LogP contribution in [0, 0.1) is 0 Å². The number of hydrogen-bond acceptors (Lipinski definition) is 4. The molecule has 0 saturated carbocycles. The normalized spacial score (nSPS) is 18.2. The quantitative estimate of drug-likeness (QED) is 0.880. The summed E-state index contributed by atoms with van der Waals surface area (Å²) in [5.74, 6) is -0.000538. The molecule has 1 aromatic heterocycles. The minimum absolute atomic E-state index is 0.000538. The Balaban J connectivity index is 1.88. The second-order valence-corrected chi connectivity index (χ2v) is 6.68. The van der Waals surface area contributed by atoms with E-state index in [2.05, 4.69) is 4.72 Å². The highest BCUT2D eigenvalue weighted by atomic mass is 32.2. The molecule has 1 aromatic carbocycles. The first-order valence-electron chi connectivity index (χ1n) is 6.75. The zero-order chi connectivity index (χ0) is 14.9. The SMILES string of the molecule is O=Cc1ccc(S(=O)(=O)NC2CCCc3ccccc32)o1. The van der Waals surface area contributed by atoms with Crippen LogP contribution in [0.1, 0.15) is 40.6 Å². The number of furan rings is 1. The van der Waals surface area contributed by atoms with Crippen molar-refractivity contribution in [3.8, 4) is 0 Å². The van der Waals surface area contributed by atoms with Crippen molar-refractivity contribution in [1.82, 2.24) is 4.72 Å². The van der Waals surface area contributed by atoms with Gasteiger partial charge in [-0.2, -0.15) is 0 Å². The van der Waals surface area contributed by atoms with Crippen LogP contribution in [0.2, 0.25) is 0 Å². The molecule has 0 amide bonds. The maximum Gasteiger partial charge on any atom is 0.274 e. The zero-order valence-electron chi connectivity index (χ0n) is 11.3. The third kappa shape index (κ3) is 2.77. The molecule has 3 rings (SSSR count). The second kappa shape index (κ2) is 5.46. The van der Waals surface area contributed by atoms with Crippen molar-refractivity contribution < 1.29 is 17.6 Å². The Bertz CT molecular complexity index is 763. The topological polar surface area (TPSA) is 76.4 Å². The molecule has 1 heterocycles. The highest BCUT2D eigenvalue weighted by Crippen LogP contribution is 2.30. The Morgan fingerprint density at radius 1 is 1.19 bits per heavy atom. The minimum atomic E-state index is -3.77. The van der Waals surface area contributed by atoms with Gasteiger partial charge >= 0.3 is 0 Å². The van der Waals surface area contributed by atoms with Crippen LogP contribution in [-0.2, 0) is 16.4 Å². The Labute approximate surface area is 123 Å². The van der Waals surface area contributed by atoms with Crippen molar-refractivity contribution in [3.63, 3.8) is 0 Å². The molecule has 5 nitrogen and oxygen atoms in total. The predicted molar refractivity (Wildman–Crippen MR) is 76.5 cm³/mol. The molecule has 21 heavy (non-hydrogen) atoms. The van der Waals surface area contributed by atoms with E-state index < -0.39 is 10.0 Å². The molecule has 0 aliphatic heterocycles. The van der Waals surface area contributed by atoms with Crippen LogP contribution in [-0.4, -0.2) is 14.7 Å². The molecule has 6 heteroatoms. The van der Waals surface area contributed by atoms with Gasteiger partial charge in [0, 0.05) is 6.04 Å². The predicted octanol–water partition coefficient (Wildman–Crippen LogP) is 2.45. The number of benzene rings is 1. The van der Waals surface area contributed by atoms with Crippen molar-refractivity contribution in [3.05, 3.63) is 53.3 Å². The molecule has 0 radical (unpaired) electrons. The maximum absolute atomic E-state index is 12.3. The summed E-state index contributed by atoms with van der Waals surface area (Å²) >= 11 is 0. The van der Waals surface area contributed by atoms with Crippen LogP contribution in [0.15, 0.2) is 45.9 Å². The van der Waals surface area contributed by atoms with E-state index in [0.29, 0.717) is 6.29 Å². The molecule has 0 saturated heterocycles. The van der Waals surface area contributed by atoms with Gasteiger partial charge < -0.3 is 4.42 Å². The van der Waals surface area contributed by atoms with Gasteiger partial charge in [-0.15, -0.1) is 0 Å². The second-order valence-electron chi connectivity index (χ2n) is 5.04. The van der Waals surface area contributed by atoms with Crippen LogP contribution in [0.3, 0.4) is 0 Å². The average Bonchev–Trinajstić information content (AvgIpc) is 2.97. The first-order valence-corrected chi connectivity index (χ1v) is 8.23. The number of nitrogens with one attached hydrogen (secondary N) is 1. The summed E-state index contributed by atoms with van der Waals surface area (Å²) in [5, 5.41) is -0.229. The Kier molecular flexibility index (Phi) is 3.65. The van der Waals surface area contributed by atoms with Gasteiger partial charge in [-0.3, -0.25) is 4.79 Å². The first kappa shape index (κ1) is 14.0. The smallest absolute Gasteiger partial charge is 0.274 e. The molecule has 110 valence electrons. The molecule has 2 aromatic rings. The molecule has 0 fully saturated rings. The van der Waals surface area contributed by atoms with Crippen LogP contribution in [0.25, 0.3) is 0 Å². The number of sulfonamides is 1. The van der Waals surface area contributed by atoms with Gasteiger partial charge in [0.2, 0.25) is 5.09 Å². The summed E-state index contributed by atoms with van der Waals surface area (Å²) in [6.07, 6.45) is 3.12. The highest BCUT2D eigenvalue weighted by Gasteiger charge is 2.27. The number of carbonyl (C=O) groups excluding carboxylic acids is 1. The van der Waals surface area contributed by atoms with Gasteiger partial charge in [0.25, 0.3) is 10.0 Å². The lowest BCUT2D eigenvalue weighted by Crippen LogP contribution is -2.30. The molecular weight excluding hydrogens is 290 g/mol. The summed E-state index contributed by atoms with van der Waals surface area (Å²) in [4.78, 5) is 10.6. The lowest BCUT2D eigenvalue weighted by Gasteiger charge is -2.25. The highest BCUT2D eigenvalue weighted by molar-refractivity contribution is 7.89. The van der Waals surface area contributed by atoms with E-state index in [9.17, 15) is 13.2 Å². The van der Waals surface area contributed by atoms with Crippen molar-refractivity contribution >= 4 is 16.3 Å². The van der Waals surface area contributed by atoms with Crippen molar-refractivity contribution in [2.75, 3.05) is 0 Å². The summed E-state index contributed by atoms with van der Waals surface area (Å²) in [7, 11) is -3.77. The van der Waals surface area contributed by atoms with Crippen molar-refractivity contribution in [2.45, 2.75) is 30.4 Å². The number of rotatable bonds is 4. The van der Waals surface area contributed by atoms with Gasteiger partial charge in [0.15, 0.2) is 12.0 Å². The van der Waals surface area contributed by atoms with Crippen LogP contribution in [0.4, 0.5) is 0 Å². The first-order chi connectivity index (χ1) is 10.1. The lowest BCUT2D eigenvalue weighted by molar-refractivity contribution is 0.109. The van der Waals surface area contributed by atoms with E-state index in [1.54, 1.807) is 0 Å². The fraction of sp³-hybridized carbons (Fsp3) is 0.267. The molecule has 1 aliphatic carbocycles. The Hall–Kier alpha value is -1.92. The fourth-order valence-electron chi connectivity index (χ4n) is 2.66. The van der Waals surface area contributed by atoms with E-state index in [-0.39, 0.29) is 16.9 Å². The third-order valence-corrected chi connectivity index (χ3v) is 4.99. The standard InChI is InChI=1S/C15H15NO4S/c17-10-12-8-9-15(20-12)21(18,19)16-14-7-3-5-11-4-1-2-6-13(11)14/h1-2,4,6,8-10,14,16H,3,5,7H2. The largest absolute Gasteiger partial charge is 0.440 e. The molecule has 0 spiro atoms. The monoisotopic (exact) mass is 305 g/mol. The number of aryl methyl sites for hydroxylation is 1. The molecule has 1 unspecified atom stereocenters. The Morgan fingerprint density at radius 2 is 2.00 bits per heavy atom. The van der Waals surface area contributed by atoms with Crippen LogP contribution < -0.4 is 4.72 Å². The average molecular weight is 305 g/mol. The molecule has 1 atom stereocenters. The van der Waals surface area contributed by atoms with Crippen LogP contribution in [0.5, 0.6) is 0 Å². The Morgan fingerprint density at radius 3 is 2.76 bits per heavy atom. The van der Waals surface area contributed by atoms with E-state index in [0.717, 1.165) is 24.8 Å². The molecule has 1 aliphatic rings. The lowest BCUT2D eigenvalue weighted by atomic mass is 9.88. The minimum Gasteiger partial charge on any atom is -0.440 e. The van der Waals surface area contributed by atoms with Crippen molar-refractivity contribution in [1.29, 1.82) is 0 Å². The van der Waals surface area contributed by atoms with Gasteiger partial charge in [-0.05, 0) is 42.5 Å². The summed E-state index contributed by atoms with van der Waals surface area (Å²) in [5.41, 5.74) is 2.18. The summed E-state index contributed by atoms with van der Waals surface area (Å²) in [6, 6.07) is 10.2. The van der Waals surface area contributed by atoms with Gasteiger partial charge in [-0.25, -0.2) is 13.1 Å². The van der Waals surface area contributed by atoms with Gasteiger partial charge in [-0.1, -0.05) is 24.3 Å². The van der Waals surface area contributed by atoms with Crippen LogP contribution >= 0.6 is 0 Å². The molecule has 0 bridgehead atoms. The van der Waals surface area contributed by atoms with E-state index in [1.807, 2.05) is 24.3 Å². The summed E-state index contributed by atoms with van der Waals surface area (Å²) < 4.78 is 32.3. The van der Waals surface area contributed by atoms with Gasteiger partial charge in [0.05, 0.1) is 0 Å². The fourth-order valence-corrected chi connectivity index (χ4v) is 3.85. The van der Waals surface area contributed by atoms with E-state index in [1.165, 1.54) is 17.7 Å². The molecule has 1 N–H and O–H groups in total. The summed E-state index contributed by atoms with van der Waals surface area (Å²) in [6.45, 7) is 0.